The summed E-state index contributed by atoms with van der Waals surface area (Å²) in [7, 11) is 1.75. The van der Waals surface area contributed by atoms with Gasteiger partial charge in [0.15, 0.2) is 0 Å². The molecule has 7 heteroatoms. The number of rotatable bonds is 5. The van der Waals surface area contributed by atoms with Gasteiger partial charge in [-0.3, -0.25) is 14.5 Å². The Morgan fingerprint density at radius 1 is 1.21 bits per heavy atom. The molecule has 0 aromatic heterocycles. The molecule has 0 radical (unpaired) electrons. The second-order valence-corrected chi connectivity index (χ2v) is 7.75. The molecule has 0 bridgehead atoms. The van der Waals surface area contributed by atoms with Crippen LogP contribution in [0.5, 0.6) is 0 Å². The van der Waals surface area contributed by atoms with E-state index >= 15 is 0 Å². The number of hydrogen-bond donors (Lipinski definition) is 0. The summed E-state index contributed by atoms with van der Waals surface area (Å²) < 4.78 is 18.7. The van der Waals surface area contributed by atoms with Crippen molar-refractivity contribution in [3.63, 3.8) is 0 Å². The van der Waals surface area contributed by atoms with Crippen LogP contribution in [0.15, 0.2) is 24.3 Å². The molecule has 6 nitrogen and oxygen atoms in total. The Morgan fingerprint density at radius 2 is 1.89 bits per heavy atom. The SMILES string of the molecule is CC(C(=O)N(C)Cc1cccc(F)c1)N1CCC(C(=O)N2CCOCC2)CC1. The van der Waals surface area contributed by atoms with Gasteiger partial charge in [-0.15, -0.1) is 0 Å². The number of carbonyl (C=O) groups excluding carboxylic acids is 2. The first-order valence-corrected chi connectivity index (χ1v) is 10.1. The van der Waals surface area contributed by atoms with Crippen LogP contribution in [0.25, 0.3) is 0 Å². The number of carbonyl (C=O) groups is 2. The van der Waals surface area contributed by atoms with Crippen molar-refractivity contribution in [2.75, 3.05) is 46.4 Å². The van der Waals surface area contributed by atoms with Crippen LogP contribution in [0.3, 0.4) is 0 Å². The van der Waals surface area contributed by atoms with E-state index < -0.39 is 0 Å². The van der Waals surface area contributed by atoms with Gasteiger partial charge in [0.2, 0.25) is 11.8 Å². The summed E-state index contributed by atoms with van der Waals surface area (Å²) in [5, 5.41) is 0. The molecule has 0 saturated carbocycles. The second-order valence-electron chi connectivity index (χ2n) is 7.75. The van der Waals surface area contributed by atoms with Crippen LogP contribution in [0.2, 0.25) is 0 Å². The van der Waals surface area contributed by atoms with Gasteiger partial charge in [-0.05, 0) is 50.6 Å². The van der Waals surface area contributed by atoms with Crippen molar-refractivity contribution in [2.24, 2.45) is 5.92 Å². The van der Waals surface area contributed by atoms with Gasteiger partial charge in [-0.2, -0.15) is 0 Å². The fraction of sp³-hybridized carbons (Fsp3) is 0.619. The van der Waals surface area contributed by atoms with Crippen molar-refractivity contribution in [3.05, 3.63) is 35.6 Å². The first-order valence-electron chi connectivity index (χ1n) is 10.1. The van der Waals surface area contributed by atoms with E-state index in [1.165, 1.54) is 12.1 Å². The van der Waals surface area contributed by atoms with Gasteiger partial charge in [-0.25, -0.2) is 4.39 Å². The predicted molar refractivity (Wildman–Crippen MR) is 104 cm³/mol. The zero-order valence-electron chi connectivity index (χ0n) is 16.8. The summed E-state index contributed by atoms with van der Waals surface area (Å²) in [4.78, 5) is 31.1. The molecule has 2 saturated heterocycles. The van der Waals surface area contributed by atoms with Gasteiger partial charge in [0.05, 0.1) is 19.3 Å². The molecule has 2 aliphatic heterocycles. The van der Waals surface area contributed by atoms with Crippen LogP contribution >= 0.6 is 0 Å². The summed E-state index contributed by atoms with van der Waals surface area (Å²) in [6.45, 7) is 6.36. The van der Waals surface area contributed by atoms with Crippen LogP contribution in [-0.2, 0) is 20.9 Å². The van der Waals surface area contributed by atoms with Crippen molar-refractivity contribution in [3.8, 4) is 0 Å². The highest BCUT2D eigenvalue weighted by Crippen LogP contribution is 2.22. The van der Waals surface area contributed by atoms with E-state index in [0.29, 0.717) is 32.8 Å². The van der Waals surface area contributed by atoms with E-state index in [0.717, 1.165) is 31.5 Å². The lowest BCUT2D eigenvalue weighted by molar-refractivity contribution is -0.142. The van der Waals surface area contributed by atoms with Crippen molar-refractivity contribution in [1.82, 2.24) is 14.7 Å². The largest absolute Gasteiger partial charge is 0.378 e. The average molecular weight is 391 g/mol. The van der Waals surface area contributed by atoms with Gasteiger partial charge in [0.25, 0.3) is 0 Å². The summed E-state index contributed by atoms with van der Waals surface area (Å²) in [6.07, 6.45) is 1.56. The van der Waals surface area contributed by atoms with Crippen molar-refractivity contribution >= 4 is 11.8 Å². The molecule has 154 valence electrons. The smallest absolute Gasteiger partial charge is 0.239 e. The van der Waals surface area contributed by atoms with Crippen molar-refractivity contribution in [2.45, 2.75) is 32.4 Å². The van der Waals surface area contributed by atoms with Gasteiger partial charge >= 0.3 is 0 Å². The van der Waals surface area contributed by atoms with E-state index in [1.807, 2.05) is 17.9 Å². The minimum atomic E-state index is -0.293. The van der Waals surface area contributed by atoms with Crippen LogP contribution in [0.1, 0.15) is 25.3 Å². The third kappa shape index (κ3) is 5.08. The number of likely N-dealkylation sites (N-methyl/N-ethyl adjacent to an activating group) is 1. The van der Waals surface area contributed by atoms with E-state index in [2.05, 4.69) is 4.90 Å². The molecule has 0 spiro atoms. The van der Waals surface area contributed by atoms with E-state index in [1.54, 1.807) is 18.0 Å². The molecule has 2 heterocycles. The Bertz CT molecular complexity index is 685. The van der Waals surface area contributed by atoms with Gasteiger partial charge in [0, 0.05) is 32.6 Å². The highest BCUT2D eigenvalue weighted by molar-refractivity contribution is 5.81. The Hall–Kier alpha value is -1.99. The summed E-state index contributed by atoms with van der Waals surface area (Å²) in [6, 6.07) is 6.08. The molecule has 1 atom stereocenters. The standard InChI is InChI=1S/C21H30FN3O3/c1-16(20(26)23(2)15-17-4-3-5-19(22)14-17)24-8-6-18(7-9-24)21(27)25-10-12-28-13-11-25/h3-5,14,16,18H,6-13,15H2,1-2H3. The molecule has 3 rings (SSSR count). The highest BCUT2D eigenvalue weighted by atomic mass is 19.1. The molecular weight excluding hydrogens is 361 g/mol. The Labute approximate surface area is 166 Å². The topological polar surface area (TPSA) is 53.1 Å². The molecule has 0 aliphatic carbocycles. The Kier molecular flexibility index (Phi) is 7.02. The number of morpholine rings is 1. The van der Waals surface area contributed by atoms with Crippen LogP contribution in [-0.4, -0.2) is 79.0 Å². The minimum Gasteiger partial charge on any atom is -0.378 e. The zero-order chi connectivity index (χ0) is 20.1. The predicted octanol–water partition coefficient (Wildman–Crippen LogP) is 1.74. The Morgan fingerprint density at radius 3 is 2.54 bits per heavy atom. The lowest BCUT2D eigenvalue weighted by atomic mass is 9.94. The molecule has 1 unspecified atom stereocenters. The van der Waals surface area contributed by atoms with Crippen molar-refractivity contribution < 1.29 is 18.7 Å². The second kappa shape index (κ2) is 9.47. The number of ether oxygens (including phenoxy) is 1. The molecular formula is C21H30FN3O3. The maximum atomic E-state index is 13.4. The fourth-order valence-electron chi connectivity index (χ4n) is 4.04. The van der Waals surface area contributed by atoms with Crippen LogP contribution in [0.4, 0.5) is 4.39 Å². The first kappa shape index (κ1) is 20.7. The molecule has 28 heavy (non-hydrogen) atoms. The van der Waals surface area contributed by atoms with Crippen LogP contribution in [0, 0.1) is 11.7 Å². The maximum Gasteiger partial charge on any atom is 0.239 e. The van der Waals surface area contributed by atoms with Gasteiger partial charge in [0.1, 0.15) is 5.82 Å². The molecule has 1 aromatic rings. The Balaban J connectivity index is 1.49. The fourth-order valence-corrected chi connectivity index (χ4v) is 4.04. The third-order valence-corrected chi connectivity index (χ3v) is 5.79. The van der Waals surface area contributed by atoms with Gasteiger partial charge < -0.3 is 14.5 Å². The van der Waals surface area contributed by atoms with Crippen molar-refractivity contribution in [1.29, 1.82) is 0 Å². The number of likely N-dealkylation sites (tertiary alicyclic amines) is 1. The molecule has 2 aliphatic rings. The number of hydrogen-bond acceptors (Lipinski definition) is 4. The van der Waals surface area contributed by atoms with E-state index in [-0.39, 0.29) is 29.6 Å². The quantitative estimate of drug-likeness (QED) is 0.767. The number of halogens is 1. The number of amides is 2. The third-order valence-electron chi connectivity index (χ3n) is 5.79. The van der Waals surface area contributed by atoms with Crippen LogP contribution < -0.4 is 0 Å². The maximum absolute atomic E-state index is 13.4. The number of piperidine rings is 1. The van der Waals surface area contributed by atoms with E-state index in [9.17, 15) is 14.0 Å². The first-order chi connectivity index (χ1) is 13.5. The molecule has 2 amide bonds. The lowest BCUT2D eigenvalue weighted by Crippen LogP contribution is -2.51. The monoisotopic (exact) mass is 391 g/mol. The zero-order valence-corrected chi connectivity index (χ0v) is 16.8. The summed E-state index contributed by atoms with van der Waals surface area (Å²) in [5.41, 5.74) is 0.776. The molecule has 0 N–H and O–H groups in total. The van der Waals surface area contributed by atoms with Gasteiger partial charge in [-0.1, -0.05) is 12.1 Å². The molecule has 2 fully saturated rings. The summed E-state index contributed by atoms with van der Waals surface area (Å²) >= 11 is 0. The summed E-state index contributed by atoms with van der Waals surface area (Å²) in [5.74, 6) is -0.00699. The average Bonchev–Trinajstić information content (AvgIpc) is 2.73. The number of benzene rings is 1. The highest BCUT2D eigenvalue weighted by Gasteiger charge is 2.33. The molecule has 1 aromatic carbocycles. The number of nitrogens with zero attached hydrogens (tertiary/aromatic N) is 3. The lowest BCUT2D eigenvalue weighted by Gasteiger charge is -2.38. The normalized spacial score (nSPS) is 20.0. The van der Waals surface area contributed by atoms with E-state index in [4.69, 9.17) is 4.74 Å². The minimum absolute atomic E-state index is 0.0159.